The Kier molecular flexibility index (Phi) is 3.67. The summed E-state index contributed by atoms with van der Waals surface area (Å²) in [5.74, 6) is 0.699. The van der Waals surface area contributed by atoms with Gasteiger partial charge in [0.05, 0.1) is 0 Å². The number of aromatic nitrogens is 3. The largest absolute Gasteiger partial charge is 0.310 e. The molecule has 5 nitrogen and oxygen atoms in total. The number of amides is 1. The second-order valence-corrected chi connectivity index (χ2v) is 6.82. The van der Waals surface area contributed by atoms with Crippen LogP contribution < -0.4 is 5.32 Å². The van der Waals surface area contributed by atoms with Crippen LogP contribution in [0.25, 0.3) is 10.8 Å². The lowest BCUT2D eigenvalue weighted by atomic mass is 10.2. The zero-order valence-electron chi connectivity index (χ0n) is 11.7. The third-order valence-electron chi connectivity index (χ3n) is 3.90. The van der Waals surface area contributed by atoms with E-state index in [1.54, 1.807) is 18.3 Å². The summed E-state index contributed by atoms with van der Waals surface area (Å²) in [4.78, 5) is 20.5. The van der Waals surface area contributed by atoms with Crippen molar-refractivity contribution in [1.29, 1.82) is 0 Å². The van der Waals surface area contributed by atoms with E-state index >= 15 is 0 Å². The van der Waals surface area contributed by atoms with Gasteiger partial charge in [0.1, 0.15) is 16.1 Å². The van der Waals surface area contributed by atoms with E-state index in [9.17, 15) is 4.79 Å². The lowest BCUT2D eigenvalue weighted by Crippen LogP contribution is -2.15. The van der Waals surface area contributed by atoms with Crippen molar-refractivity contribution >= 4 is 57.2 Å². The van der Waals surface area contributed by atoms with Crippen LogP contribution in [0, 0.1) is 5.92 Å². The van der Waals surface area contributed by atoms with Crippen molar-refractivity contribution in [1.82, 2.24) is 14.3 Å². The van der Waals surface area contributed by atoms with E-state index in [0.29, 0.717) is 21.5 Å². The van der Waals surface area contributed by atoms with Gasteiger partial charge in [-0.15, -0.1) is 0 Å². The van der Waals surface area contributed by atoms with Crippen molar-refractivity contribution in [3.63, 3.8) is 0 Å². The molecule has 0 spiro atoms. The van der Waals surface area contributed by atoms with Gasteiger partial charge in [0.25, 0.3) is 0 Å². The average Bonchev–Trinajstić information content (AvgIpc) is 3.13. The first-order valence-corrected chi connectivity index (χ1v) is 8.53. The van der Waals surface area contributed by atoms with E-state index < -0.39 is 0 Å². The molecule has 3 heterocycles. The summed E-state index contributed by atoms with van der Waals surface area (Å²) < 4.78 is 4.08. The second kappa shape index (κ2) is 5.70. The number of anilines is 1. The Bertz CT molecular complexity index is 900. The number of rotatable bonds is 3. The fraction of sp³-hybridized carbons (Fsp3) is 0.200. The SMILES string of the molecule is O=C(Nc1cc2cc(Cl)nc(Cl)c2cn1)C1CC1c1cnsc1. The van der Waals surface area contributed by atoms with Gasteiger partial charge < -0.3 is 5.32 Å². The predicted molar refractivity (Wildman–Crippen MR) is 91.1 cm³/mol. The van der Waals surface area contributed by atoms with Gasteiger partial charge in [-0.25, -0.2) is 14.3 Å². The van der Waals surface area contributed by atoms with Crippen LogP contribution in [0.2, 0.25) is 10.3 Å². The predicted octanol–water partition coefficient (Wildman–Crippen LogP) is 4.14. The molecule has 0 saturated heterocycles. The number of carbonyl (C=O) groups is 1. The number of carbonyl (C=O) groups excluding carboxylic acids is 1. The van der Waals surface area contributed by atoms with E-state index in [2.05, 4.69) is 19.7 Å². The summed E-state index contributed by atoms with van der Waals surface area (Å²) in [6.07, 6.45) is 4.26. The average molecular weight is 365 g/mol. The van der Waals surface area contributed by atoms with Crippen LogP contribution in [-0.4, -0.2) is 20.2 Å². The van der Waals surface area contributed by atoms with Crippen LogP contribution in [0.5, 0.6) is 0 Å². The van der Waals surface area contributed by atoms with Gasteiger partial charge in [-0.2, -0.15) is 0 Å². The van der Waals surface area contributed by atoms with Crippen LogP contribution in [0.15, 0.2) is 29.9 Å². The number of fused-ring (bicyclic) bond motifs is 1. The fourth-order valence-electron chi connectivity index (χ4n) is 2.61. The summed E-state index contributed by atoms with van der Waals surface area (Å²) in [6.45, 7) is 0. The quantitative estimate of drug-likeness (QED) is 0.709. The molecule has 1 amide bonds. The van der Waals surface area contributed by atoms with Crippen LogP contribution in [0.4, 0.5) is 5.82 Å². The molecule has 2 unspecified atom stereocenters. The lowest BCUT2D eigenvalue weighted by Gasteiger charge is -2.06. The minimum Gasteiger partial charge on any atom is -0.310 e. The molecule has 1 N–H and O–H groups in total. The molecule has 3 aromatic heterocycles. The topological polar surface area (TPSA) is 67.8 Å². The lowest BCUT2D eigenvalue weighted by molar-refractivity contribution is -0.117. The van der Waals surface area contributed by atoms with E-state index in [1.807, 2.05) is 11.6 Å². The highest BCUT2D eigenvalue weighted by atomic mass is 35.5. The Hall–Kier alpha value is -1.76. The molecule has 8 heteroatoms. The van der Waals surface area contributed by atoms with Crippen LogP contribution in [0.3, 0.4) is 0 Å². The molecular formula is C15H10Cl2N4OS. The highest BCUT2D eigenvalue weighted by Gasteiger charge is 2.44. The van der Waals surface area contributed by atoms with Crippen LogP contribution in [0.1, 0.15) is 17.9 Å². The van der Waals surface area contributed by atoms with Crippen molar-refractivity contribution in [2.75, 3.05) is 5.32 Å². The van der Waals surface area contributed by atoms with Crippen molar-refractivity contribution in [2.45, 2.75) is 12.3 Å². The molecule has 1 aliphatic rings. The maximum atomic E-state index is 12.3. The normalized spacial score (nSPS) is 19.7. The molecule has 4 rings (SSSR count). The first-order valence-electron chi connectivity index (χ1n) is 6.94. The second-order valence-electron chi connectivity index (χ2n) is 5.42. The Balaban J connectivity index is 1.53. The molecule has 3 aromatic rings. The Morgan fingerprint density at radius 1 is 1.30 bits per heavy atom. The van der Waals surface area contributed by atoms with Gasteiger partial charge in [-0.1, -0.05) is 23.2 Å². The first-order chi connectivity index (χ1) is 11.1. The molecular weight excluding hydrogens is 355 g/mol. The number of halogens is 2. The number of hydrogen-bond donors (Lipinski definition) is 1. The number of pyridine rings is 2. The summed E-state index contributed by atoms with van der Waals surface area (Å²) in [7, 11) is 0. The smallest absolute Gasteiger partial charge is 0.229 e. The molecule has 23 heavy (non-hydrogen) atoms. The molecule has 1 fully saturated rings. The Morgan fingerprint density at radius 3 is 2.96 bits per heavy atom. The van der Waals surface area contributed by atoms with Crippen molar-refractivity contribution in [3.8, 4) is 0 Å². The van der Waals surface area contributed by atoms with Crippen molar-refractivity contribution < 1.29 is 4.79 Å². The van der Waals surface area contributed by atoms with E-state index in [1.165, 1.54) is 11.5 Å². The molecule has 0 radical (unpaired) electrons. The summed E-state index contributed by atoms with van der Waals surface area (Å²) >= 11 is 13.3. The Morgan fingerprint density at radius 2 is 2.17 bits per heavy atom. The van der Waals surface area contributed by atoms with E-state index in [0.717, 1.165) is 17.4 Å². The molecule has 1 saturated carbocycles. The summed E-state index contributed by atoms with van der Waals surface area (Å²) in [6, 6.07) is 3.44. The minimum absolute atomic E-state index is 0.0199. The Labute approximate surface area is 145 Å². The van der Waals surface area contributed by atoms with Crippen molar-refractivity contribution in [3.05, 3.63) is 45.8 Å². The van der Waals surface area contributed by atoms with Gasteiger partial charge in [-0.3, -0.25) is 4.79 Å². The standard InChI is InChI=1S/C15H10Cl2N4OS/c16-12-1-7-2-13(18-5-11(7)14(17)20-12)21-15(22)10-3-9(10)8-4-19-23-6-8/h1-2,4-6,9-10H,3H2,(H,18,21,22). The van der Waals surface area contributed by atoms with Gasteiger partial charge in [0, 0.05) is 29.1 Å². The monoisotopic (exact) mass is 364 g/mol. The number of nitrogens with zero attached hydrogens (tertiary/aromatic N) is 3. The van der Waals surface area contributed by atoms with Gasteiger partial charge in [-0.05, 0) is 47.0 Å². The van der Waals surface area contributed by atoms with Crippen LogP contribution >= 0.6 is 34.7 Å². The third-order valence-corrected chi connectivity index (χ3v) is 4.98. The van der Waals surface area contributed by atoms with Gasteiger partial charge in [0.15, 0.2) is 0 Å². The molecule has 0 bridgehead atoms. The van der Waals surface area contributed by atoms with Gasteiger partial charge in [0.2, 0.25) is 5.91 Å². The van der Waals surface area contributed by atoms with Crippen LogP contribution in [-0.2, 0) is 4.79 Å². The zero-order chi connectivity index (χ0) is 16.0. The first kappa shape index (κ1) is 14.8. The number of hydrogen-bond acceptors (Lipinski definition) is 5. The van der Waals surface area contributed by atoms with Gasteiger partial charge >= 0.3 is 0 Å². The molecule has 1 aliphatic carbocycles. The zero-order valence-corrected chi connectivity index (χ0v) is 14.0. The summed E-state index contributed by atoms with van der Waals surface area (Å²) in [5, 5.41) is 6.93. The molecule has 116 valence electrons. The highest BCUT2D eigenvalue weighted by molar-refractivity contribution is 7.03. The highest BCUT2D eigenvalue weighted by Crippen LogP contribution is 2.48. The number of nitrogens with one attached hydrogen (secondary N) is 1. The molecule has 0 aromatic carbocycles. The fourth-order valence-corrected chi connectivity index (χ4v) is 3.71. The van der Waals surface area contributed by atoms with E-state index in [-0.39, 0.29) is 17.7 Å². The molecule has 2 atom stereocenters. The van der Waals surface area contributed by atoms with E-state index in [4.69, 9.17) is 23.2 Å². The maximum absolute atomic E-state index is 12.3. The molecule has 0 aliphatic heterocycles. The van der Waals surface area contributed by atoms with Crippen molar-refractivity contribution in [2.24, 2.45) is 5.92 Å². The maximum Gasteiger partial charge on any atom is 0.229 e. The minimum atomic E-state index is -0.0284. The third kappa shape index (κ3) is 2.89. The summed E-state index contributed by atoms with van der Waals surface area (Å²) in [5.41, 5.74) is 1.13.